The maximum atomic E-state index is 5.76. The van der Waals surface area contributed by atoms with Gasteiger partial charge in [-0.25, -0.2) is 0 Å². The van der Waals surface area contributed by atoms with Crippen LogP contribution in [0.3, 0.4) is 0 Å². The molecule has 0 aliphatic heterocycles. The van der Waals surface area contributed by atoms with Gasteiger partial charge in [-0.05, 0) is 40.3 Å². The van der Waals surface area contributed by atoms with Crippen molar-refractivity contribution in [1.82, 2.24) is 4.90 Å². The first-order valence-electron chi connectivity index (χ1n) is 4.78. The van der Waals surface area contributed by atoms with E-state index < -0.39 is 0 Å². The fraction of sp³-hybridized carbons (Fsp3) is 0.600. The molecule has 1 nitrogen and oxygen atoms in total. The molecule has 0 saturated carbocycles. The molecule has 0 spiro atoms. The van der Waals surface area contributed by atoms with Crippen molar-refractivity contribution in [3.05, 3.63) is 20.8 Å². The zero-order chi connectivity index (χ0) is 10.4. The van der Waals surface area contributed by atoms with Crippen molar-refractivity contribution in [1.29, 1.82) is 0 Å². The van der Waals surface area contributed by atoms with Crippen LogP contribution >= 0.6 is 38.9 Å². The van der Waals surface area contributed by atoms with Crippen LogP contribution < -0.4 is 0 Å². The highest BCUT2D eigenvalue weighted by Crippen LogP contribution is 2.24. The smallest absolute Gasteiger partial charge is 0.0351 e. The molecule has 0 fully saturated rings. The fourth-order valence-corrected chi connectivity index (χ4v) is 3.10. The Labute approximate surface area is 103 Å². The Morgan fingerprint density at radius 3 is 2.79 bits per heavy atom. The van der Waals surface area contributed by atoms with Gasteiger partial charge in [0.05, 0.1) is 0 Å². The normalized spacial score (nSPS) is 11.1. The topological polar surface area (TPSA) is 3.24 Å². The van der Waals surface area contributed by atoms with E-state index in [4.69, 9.17) is 11.6 Å². The SMILES string of the molecule is CCCN(CCCl)Cc1sccc1Br. The van der Waals surface area contributed by atoms with Gasteiger partial charge in [0.1, 0.15) is 0 Å². The van der Waals surface area contributed by atoms with Crippen molar-refractivity contribution in [2.75, 3.05) is 19.0 Å². The van der Waals surface area contributed by atoms with Crippen molar-refractivity contribution in [2.24, 2.45) is 0 Å². The second kappa shape index (κ2) is 6.83. The van der Waals surface area contributed by atoms with Crippen LogP contribution in [-0.4, -0.2) is 23.9 Å². The van der Waals surface area contributed by atoms with E-state index in [2.05, 4.69) is 39.2 Å². The number of rotatable bonds is 6. The minimum absolute atomic E-state index is 0.711. The number of halogens is 2. The van der Waals surface area contributed by atoms with Gasteiger partial charge < -0.3 is 0 Å². The zero-order valence-corrected chi connectivity index (χ0v) is 11.5. The second-order valence-electron chi connectivity index (χ2n) is 3.16. The number of alkyl halides is 1. The largest absolute Gasteiger partial charge is 0.297 e. The van der Waals surface area contributed by atoms with Gasteiger partial charge in [-0.1, -0.05) is 6.92 Å². The Balaban J connectivity index is 2.50. The summed E-state index contributed by atoms with van der Waals surface area (Å²) in [7, 11) is 0. The van der Waals surface area contributed by atoms with Gasteiger partial charge in [0.15, 0.2) is 0 Å². The lowest BCUT2D eigenvalue weighted by atomic mass is 10.3. The van der Waals surface area contributed by atoms with Crippen molar-refractivity contribution in [3.63, 3.8) is 0 Å². The summed E-state index contributed by atoms with van der Waals surface area (Å²) in [6, 6.07) is 2.10. The molecule has 0 atom stereocenters. The van der Waals surface area contributed by atoms with Crippen molar-refractivity contribution in [2.45, 2.75) is 19.9 Å². The molecule has 0 N–H and O–H groups in total. The summed E-state index contributed by atoms with van der Waals surface area (Å²) < 4.78 is 1.22. The van der Waals surface area contributed by atoms with Crippen LogP contribution in [0.15, 0.2) is 15.9 Å². The van der Waals surface area contributed by atoms with Crippen molar-refractivity contribution in [3.8, 4) is 0 Å². The van der Waals surface area contributed by atoms with E-state index in [-0.39, 0.29) is 0 Å². The third kappa shape index (κ3) is 3.89. The number of nitrogens with zero attached hydrogens (tertiary/aromatic N) is 1. The fourth-order valence-electron chi connectivity index (χ4n) is 1.35. The standard InChI is InChI=1S/C10H15BrClNS/c1-2-5-13(6-4-12)8-10-9(11)3-7-14-10/h3,7H,2,4-6,8H2,1H3. The lowest BCUT2D eigenvalue weighted by Crippen LogP contribution is -2.25. The second-order valence-corrected chi connectivity index (χ2v) is 5.39. The molecule has 0 unspecified atom stereocenters. The highest BCUT2D eigenvalue weighted by molar-refractivity contribution is 9.10. The highest BCUT2D eigenvalue weighted by atomic mass is 79.9. The summed E-state index contributed by atoms with van der Waals surface area (Å²) in [5, 5.41) is 2.12. The Bertz CT molecular complexity index is 258. The molecule has 1 heterocycles. The molecule has 80 valence electrons. The first-order valence-corrected chi connectivity index (χ1v) is 6.98. The number of hydrogen-bond donors (Lipinski definition) is 0. The molecule has 0 aliphatic rings. The number of thiophene rings is 1. The first-order chi connectivity index (χ1) is 6.77. The van der Waals surface area contributed by atoms with Gasteiger partial charge in [0.2, 0.25) is 0 Å². The summed E-state index contributed by atoms with van der Waals surface area (Å²) in [5.74, 6) is 0.711. The van der Waals surface area contributed by atoms with Crippen LogP contribution in [0.1, 0.15) is 18.2 Å². The van der Waals surface area contributed by atoms with E-state index in [0.29, 0.717) is 5.88 Å². The predicted octanol–water partition coefficient (Wildman–Crippen LogP) is 3.96. The molecule has 1 rings (SSSR count). The zero-order valence-electron chi connectivity index (χ0n) is 8.30. The average molecular weight is 297 g/mol. The minimum atomic E-state index is 0.711. The van der Waals surface area contributed by atoms with Crippen molar-refractivity contribution >= 4 is 38.9 Å². The summed E-state index contributed by atoms with van der Waals surface area (Å²) >= 11 is 11.1. The molecule has 1 aromatic heterocycles. The average Bonchev–Trinajstić information content (AvgIpc) is 2.53. The lowest BCUT2D eigenvalue weighted by molar-refractivity contribution is 0.284. The molecule has 0 saturated heterocycles. The van der Waals surface area contributed by atoms with Crippen LogP contribution in [0.4, 0.5) is 0 Å². The summed E-state index contributed by atoms with van der Waals surface area (Å²) in [6.45, 7) is 5.31. The molecule has 0 amide bonds. The Hall–Kier alpha value is 0.430. The Morgan fingerprint density at radius 2 is 2.29 bits per heavy atom. The van der Waals surface area contributed by atoms with E-state index in [1.807, 2.05) is 0 Å². The van der Waals surface area contributed by atoms with Gasteiger partial charge in [0.25, 0.3) is 0 Å². The summed E-state index contributed by atoms with van der Waals surface area (Å²) in [4.78, 5) is 3.78. The Kier molecular flexibility index (Phi) is 6.10. The van der Waals surface area contributed by atoms with Crippen molar-refractivity contribution < 1.29 is 0 Å². The lowest BCUT2D eigenvalue weighted by Gasteiger charge is -2.19. The third-order valence-corrected chi connectivity index (χ3v) is 4.08. The van der Waals surface area contributed by atoms with Crippen LogP contribution in [0, 0.1) is 0 Å². The molecule has 0 bridgehead atoms. The van der Waals surface area contributed by atoms with Gasteiger partial charge in [-0.2, -0.15) is 0 Å². The summed E-state index contributed by atoms with van der Waals surface area (Å²) in [5.41, 5.74) is 0. The first kappa shape index (κ1) is 12.5. The minimum Gasteiger partial charge on any atom is -0.297 e. The van der Waals surface area contributed by atoms with Crippen LogP contribution in [0.2, 0.25) is 0 Å². The molecule has 0 radical (unpaired) electrons. The van der Waals surface area contributed by atoms with E-state index in [9.17, 15) is 0 Å². The van der Waals surface area contributed by atoms with E-state index in [1.165, 1.54) is 15.8 Å². The van der Waals surface area contributed by atoms with Gasteiger partial charge in [-0.15, -0.1) is 22.9 Å². The summed E-state index contributed by atoms with van der Waals surface area (Å²) in [6.07, 6.45) is 1.18. The molecule has 0 aromatic carbocycles. The van der Waals surface area contributed by atoms with Crippen LogP contribution in [-0.2, 0) is 6.54 Å². The highest BCUT2D eigenvalue weighted by Gasteiger charge is 2.07. The van der Waals surface area contributed by atoms with E-state index >= 15 is 0 Å². The quantitative estimate of drug-likeness (QED) is 0.718. The van der Waals surface area contributed by atoms with E-state index in [0.717, 1.165) is 19.6 Å². The molecule has 14 heavy (non-hydrogen) atoms. The van der Waals surface area contributed by atoms with Crippen LogP contribution in [0.5, 0.6) is 0 Å². The van der Waals surface area contributed by atoms with Crippen LogP contribution in [0.25, 0.3) is 0 Å². The van der Waals surface area contributed by atoms with Gasteiger partial charge >= 0.3 is 0 Å². The molecule has 4 heteroatoms. The molecular weight excluding hydrogens is 282 g/mol. The monoisotopic (exact) mass is 295 g/mol. The number of hydrogen-bond acceptors (Lipinski definition) is 2. The van der Waals surface area contributed by atoms with Gasteiger partial charge in [-0.3, -0.25) is 4.90 Å². The Morgan fingerprint density at radius 1 is 1.50 bits per heavy atom. The predicted molar refractivity (Wildman–Crippen MR) is 68.3 cm³/mol. The molecule has 0 aliphatic carbocycles. The van der Waals surface area contributed by atoms with E-state index in [1.54, 1.807) is 11.3 Å². The maximum Gasteiger partial charge on any atom is 0.0351 e. The molecule has 1 aromatic rings. The molecular formula is C10H15BrClNS. The third-order valence-electron chi connectivity index (χ3n) is 2.00. The van der Waals surface area contributed by atoms with Gasteiger partial charge in [0, 0.05) is 28.3 Å². The maximum absolute atomic E-state index is 5.76.